The van der Waals surface area contributed by atoms with Gasteiger partial charge in [-0.25, -0.2) is 0 Å². The van der Waals surface area contributed by atoms with Gasteiger partial charge in [0, 0.05) is 42.2 Å². The van der Waals surface area contributed by atoms with Crippen LogP contribution in [0.3, 0.4) is 0 Å². The number of nitrogens with zero attached hydrogens (tertiary/aromatic N) is 1. The van der Waals surface area contributed by atoms with Gasteiger partial charge >= 0.3 is 6.18 Å². The Morgan fingerprint density at radius 2 is 2.07 bits per heavy atom. The minimum absolute atomic E-state index is 0.0641. The summed E-state index contributed by atoms with van der Waals surface area (Å²) in [5, 5.41) is 12.7. The second-order valence-corrected chi connectivity index (χ2v) is 8.59. The lowest BCUT2D eigenvalue weighted by molar-refractivity contribution is -0.138. The first-order chi connectivity index (χ1) is 14.4. The number of ether oxygens (including phenoxy) is 1. The molecule has 0 radical (unpaired) electrons. The molecule has 3 aliphatic rings. The molecular weight excluding hydrogens is 393 g/mol. The van der Waals surface area contributed by atoms with E-state index in [0.29, 0.717) is 18.7 Å². The summed E-state index contributed by atoms with van der Waals surface area (Å²) < 4.78 is 46.6. The van der Waals surface area contributed by atoms with Crippen LogP contribution in [0.5, 0.6) is 0 Å². The first-order valence-electron chi connectivity index (χ1n) is 10.6. The summed E-state index contributed by atoms with van der Waals surface area (Å²) in [5.41, 5.74) is 0.710. The second kappa shape index (κ2) is 8.73. The molecule has 0 spiro atoms. The minimum Gasteiger partial charge on any atom is -0.395 e. The molecule has 1 unspecified atom stereocenters. The van der Waals surface area contributed by atoms with Gasteiger partial charge in [0.15, 0.2) is 0 Å². The van der Waals surface area contributed by atoms with Crippen LogP contribution in [-0.2, 0) is 10.9 Å². The fourth-order valence-corrected chi connectivity index (χ4v) is 5.00. The van der Waals surface area contributed by atoms with Crippen molar-refractivity contribution < 1.29 is 23.0 Å². The molecule has 0 amide bonds. The third-order valence-corrected chi connectivity index (χ3v) is 6.49. The summed E-state index contributed by atoms with van der Waals surface area (Å²) in [7, 11) is 1.92. The number of likely N-dealkylation sites (N-methyl/N-ethyl adjacent to an activating group) is 1. The summed E-state index contributed by atoms with van der Waals surface area (Å²) in [6.45, 7) is 1.27. The highest BCUT2D eigenvalue weighted by Gasteiger charge is 2.45. The summed E-state index contributed by atoms with van der Waals surface area (Å²) in [4.78, 5) is 2.01. The summed E-state index contributed by atoms with van der Waals surface area (Å²) in [6.07, 6.45) is 6.25. The largest absolute Gasteiger partial charge is 0.416 e. The lowest BCUT2D eigenvalue weighted by Crippen LogP contribution is -2.48. The highest BCUT2D eigenvalue weighted by atomic mass is 19.4. The molecule has 4 rings (SSSR count). The summed E-state index contributed by atoms with van der Waals surface area (Å²) >= 11 is 0. The maximum absolute atomic E-state index is 13.4. The average molecular weight is 422 g/mol. The van der Waals surface area contributed by atoms with Gasteiger partial charge in [-0.15, -0.1) is 0 Å². The van der Waals surface area contributed by atoms with Crippen LogP contribution in [0.25, 0.3) is 0 Å². The molecule has 1 fully saturated rings. The van der Waals surface area contributed by atoms with Crippen LogP contribution >= 0.6 is 0 Å². The van der Waals surface area contributed by atoms with E-state index < -0.39 is 11.7 Å². The van der Waals surface area contributed by atoms with Gasteiger partial charge in [0.25, 0.3) is 0 Å². The quantitative estimate of drug-likeness (QED) is 0.739. The fourth-order valence-electron chi connectivity index (χ4n) is 5.00. The van der Waals surface area contributed by atoms with E-state index in [2.05, 4.69) is 17.5 Å². The molecular formula is C23H29F3N2O2. The first kappa shape index (κ1) is 21.4. The molecule has 7 heteroatoms. The van der Waals surface area contributed by atoms with Gasteiger partial charge in [0.1, 0.15) is 0 Å². The maximum Gasteiger partial charge on any atom is 0.416 e. The van der Waals surface area contributed by atoms with E-state index in [0.717, 1.165) is 31.0 Å². The zero-order chi connectivity index (χ0) is 21.3. The second-order valence-electron chi connectivity index (χ2n) is 8.59. The molecule has 1 saturated heterocycles. The number of hydrogen-bond donors (Lipinski definition) is 2. The van der Waals surface area contributed by atoms with Crippen LogP contribution in [0.15, 0.2) is 42.5 Å². The van der Waals surface area contributed by atoms with Crippen molar-refractivity contribution >= 4 is 5.69 Å². The molecule has 0 bridgehead atoms. The molecule has 30 heavy (non-hydrogen) atoms. The zero-order valence-electron chi connectivity index (χ0n) is 17.1. The Morgan fingerprint density at radius 1 is 1.23 bits per heavy atom. The van der Waals surface area contributed by atoms with Gasteiger partial charge < -0.3 is 20.1 Å². The SMILES string of the molecule is CN(CCO)C[C@H]1CC[C@@H]2[C@H](O1)c1cc(C(F)(F)F)ccc1N[C@H]2C1C=CC=CC1. The molecule has 2 aliphatic heterocycles. The van der Waals surface area contributed by atoms with E-state index in [1.807, 2.05) is 24.1 Å². The van der Waals surface area contributed by atoms with Crippen molar-refractivity contribution in [3.05, 3.63) is 53.6 Å². The number of fused-ring (bicyclic) bond motifs is 3. The van der Waals surface area contributed by atoms with E-state index in [-0.39, 0.29) is 36.7 Å². The van der Waals surface area contributed by atoms with Crippen molar-refractivity contribution in [2.75, 3.05) is 32.1 Å². The van der Waals surface area contributed by atoms with Crippen LogP contribution in [0.4, 0.5) is 18.9 Å². The van der Waals surface area contributed by atoms with Gasteiger partial charge in [-0.3, -0.25) is 0 Å². The molecule has 1 aliphatic carbocycles. The fraction of sp³-hybridized carbons (Fsp3) is 0.565. The van der Waals surface area contributed by atoms with Crippen LogP contribution < -0.4 is 5.32 Å². The molecule has 1 aromatic rings. The normalized spacial score (nSPS) is 30.7. The smallest absolute Gasteiger partial charge is 0.395 e. The third kappa shape index (κ3) is 4.43. The summed E-state index contributed by atoms with van der Waals surface area (Å²) in [6, 6.07) is 4.08. The van der Waals surface area contributed by atoms with Crippen molar-refractivity contribution in [2.24, 2.45) is 11.8 Å². The van der Waals surface area contributed by atoms with Crippen molar-refractivity contribution in [1.82, 2.24) is 4.90 Å². The van der Waals surface area contributed by atoms with Crippen LogP contribution in [0.2, 0.25) is 0 Å². The van der Waals surface area contributed by atoms with Crippen molar-refractivity contribution in [3.63, 3.8) is 0 Å². The predicted octanol–water partition coefficient (Wildman–Crippen LogP) is 4.39. The number of allylic oxidation sites excluding steroid dienone is 3. The van der Waals surface area contributed by atoms with E-state index in [1.54, 1.807) is 6.07 Å². The monoisotopic (exact) mass is 422 g/mol. The molecule has 2 heterocycles. The van der Waals surface area contributed by atoms with E-state index in [1.165, 1.54) is 6.07 Å². The molecule has 4 nitrogen and oxygen atoms in total. The molecule has 0 aromatic heterocycles. The number of anilines is 1. The number of aliphatic hydroxyl groups is 1. The van der Waals surface area contributed by atoms with Crippen LogP contribution in [0.1, 0.15) is 36.5 Å². The van der Waals surface area contributed by atoms with Crippen molar-refractivity contribution in [1.29, 1.82) is 0 Å². The van der Waals surface area contributed by atoms with Gasteiger partial charge in [-0.05, 0) is 44.5 Å². The molecule has 0 saturated carbocycles. The standard InChI is InChI=1S/C23H29F3N2O2/c1-28(11-12-29)14-17-8-9-18-21(15-5-3-2-4-6-15)27-20-10-7-16(23(24,25)26)13-19(20)22(18)30-17/h2-5,7,10,13,15,17-18,21-22,27,29H,6,8-9,11-12,14H2,1H3/t15?,17-,18+,21+,22+/m1/s1. The highest BCUT2D eigenvalue weighted by molar-refractivity contribution is 5.58. The predicted molar refractivity (Wildman–Crippen MR) is 110 cm³/mol. The van der Waals surface area contributed by atoms with E-state index in [4.69, 9.17) is 9.84 Å². The first-order valence-corrected chi connectivity index (χ1v) is 10.6. The third-order valence-electron chi connectivity index (χ3n) is 6.49. The Labute approximate surface area is 175 Å². The number of hydrogen-bond acceptors (Lipinski definition) is 4. The number of benzene rings is 1. The van der Waals surface area contributed by atoms with Gasteiger partial charge in [-0.2, -0.15) is 13.2 Å². The Balaban J connectivity index is 1.64. The van der Waals surface area contributed by atoms with Crippen molar-refractivity contribution in [2.45, 2.75) is 43.7 Å². The molecule has 164 valence electrons. The van der Waals surface area contributed by atoms with Gasteiger partial charge in [0.05, 0.1) is 24.4 Å². The van der Waals surface area contributed by atoms with Crippen LogP contribution in [-0.4, -0.2) is 48.9 Å². The van der Waals surface area contributed by atoms with Crippen molar-refractivity contribution in [3.8, 4) is 0 Å². The van der Waals surface area contributed by atoms with E-state index in [9.17, 15) is 13.2 Å². The Hall–Kier alpha value is -1.83. The van der Waals surface area contributed by atoms with E-state index >= 15 is 0 Å². The molecule has 2 N–H and O–H groups in total. The van der Waals surface area contributed by atoms with Gasteiger partial charge in [-0.1, -0.05) is 24.3 Å². The molecule has 1 aromatic carbocycles. The van der Waals surface area contributed by atoms with Crippen LogP contribution in [0, 0.1) is 11.8 Å². The Bertz CT molecular complexity index is 808. The Morgan fingerprint density at radius 3 is 2.77 bits per heavy atom. The lowest BCUT2D eigenvalue weighted by atomic mass is 9.73. The zero-order valence-corrected chi connectivity index (χ0v) is 17.1. The lowest BCUT2D eigenvalue weighted by Gasteiger charge is -2.48. The number of alkyl halides is 3. The average Bonchev–Trinajstić information content (AvgIpc) is 2.73. The topological polar surface area (TPSA) is 44.7 Å². The number of aliphatic hydroxyl groups excluding tert-OH is 1. The Kier molecular flexibility index (Phi) is 6.23. The number of rotatable bonds is 5. The van der Waals surface area contributed by atoms with Gasteiger partial charge in [0.2, 0.25) is 0 Å². The maximum atomic E-state index is 13.4. The summed E-state index contributed by atoms with van der Waals surface area (Å²) in [5.74, 6) is 0.400. The highest BCUT2D eigenvalue weighted by Crippen LogP contribution is 2.49. The number of nitrogens with one attached hydrogen (secondary N) is 1. The number of halogens is 3. The minimum atomic E-state index is -4.38. The molecule has 5 atom stereocenters.